The predicted octanol–water partition coefficient (Wildman–Crippen LogP) is 2.17. The molecule has 6 nitrogen and oxygen atoms in total. The first-order chi connectivity index (χ1) is 11.6. The number of benzene rings is 1. The maximum atomic E-state index is 12.4. The molecule has 1 aromatic carbocycles. The van der Waals surface area contributed by atoms with Gasteiger partial charge in [0.2, 0.25) is 11.9 Å². The van der Waals surface area contributed by atoms with E-state index in [1.165, 1.54) is 0 Å². The Morgan fingerprint density at radius 2 is 2.00 bits per heavy atom. The average molecular weight is 331 g/mol. The molecule has 0 radical (unpaired) electrons. The number of carbonyl (C=O) groups excluding carboxylic acids is 1. The summed E-state index contributed by atoms with van der Waals surface area (Å²) in [7, 11) is 1.85. The molecule has 0 fully saturated rings. The van der Waals surface area contributed by atoms with E-state index in [2.05, 4.69) is 45.0 Å². The van der Waals surface area contributed by atoms with E-state index in [9.17, 15) is 4.79 Å². The summed E-state index contributed by atoms with van der Waals surface area (Å²) >= 11 is 0. The van der Waals surface area contributed by atoms with Crippen molar-refractivity contribution in [2.24, 2.45) is 5.92 Å². The highest BCUT2D eigenvalue weighted by atomic mass is 16.2. The van der Waals surface area contributed by atoms with Gasteiger partial charge in [0.1, 0.15) is 0 Å². The highest BCUT2D eigenvalue weighted by Crippen LogP contribution is 2.20. The Morgan fingerprint density at radius 3 is 2.67 bits per heavy atom. The Labute approximate surface area is 144 Å². The van der Waals surface area contributed by atoms with Gasteiger partial charge in [-0.25, -0.2) is 4.98 Å². The van der Waals surface area contributed by atoms with E-state index in [-0.39, 0.29) is 11.8 Å². The monoisotopic (exact) mass is 331 g/mol. The second-order valence-electron chi connectivity index (χ2n) is 6.05. The number of rotatable bonds is 9. The molecule has 6 heteroatoms. The van der Waals surface area contributed by atoms with Gasteiger partial charge in [-0.1, -0.05) is 32.9 Å². The van der Waals surface area contributed by atoms with E-state index < -0.39 is 0 Å². The van der Waals surface area contributed by atoms with Crippen LogP contribution in [0.1, 0.15) is 20.8 Å². The molecule has 0 spiro atoms. The maximum Gasteiger partial charge on any atom is 0.230 e. The molecule has 2 N–H and O–H groups in total. The SMILES string of the molecule is CCN(CC)CCn1c(NC(=O)C(C)CNC)nc2ccccc21. The minimum absolute atomic E-state index is 0.0104. The van der Waals surface area contributed by atoms with Crippen LogP contribution in [0.15, 0.2) is 24.3 Å². The predicted molar refractivity (Wildman–Crippen MR) is 99.2 cm³/mol. The summed E-state index contributed by atoms with van der Waals surface area (Å²) in [4.78, 5) is 19.3. The quantitative estimate of drug-likeness (QED) is 0.739. The van der Waals surface area contributed by atoms with Gasteiger partial charge in [0.25, 0.3) is 0 Å². The number of hydrogen-bond donors (Lipinski definition) is 2. The minimum atomic E-state index is -0.106. The van der Waals surface area contributed by atoms with Crippen LogP contribution in [-0.2, 0) is 11.3 Å². The molecular weight excluding hydrogens is 302 g/mol. The molecule has 1 heterocycles. The van der Waals surface area contributed by atoms with Crippen molar-refractivity contribution in [3.8, 4) is 0 Å². The Hall–Kier alpha value is -1.92. The lowest BCUT2D eigenvalue weighted by Crippen LogP contribution is -2.31. The van der Waals surface area contributed by atoms with E-state index >= 15 is 0 Å². The van der Waals surface area contributed by atoms with Gasteiger partial charge in [-0.05, 0) is 32.3 Å². The number of likely N-dealkylation sites (N-methyl/N-ethyl adjacent to an activating group) is 1. The number of hydrogen-bond acceptors (Lipinski definition) is 4. The third-order valence-electron chi connectivity index (χ3n) is 4.38. The van der Waals surface area contributed by atoms with Crippen molar-refractivity contribution in [1.29, 1.82) is 0 Å². The van der Waals surface area contributed by atoms with Crippen LogP contribution in [0.4, 0.5) is 5.95 Å². The van der Waals surface area contributed by atoms with Gasteiger partial charge in [-0.15, -0.1) is 0 Å². The third-order valence-corrected chi connectivity index (χ3v) is 4.38. The summed E-state index contributed by atoms with van der Waals surface area (Å²) in [5.74, 6) is 0.520. The van der Waals surface area contributed by atoms with Gasteiger partial charge >= 0.3 is 0 Å². The number of para-hydroxylation sites is 2. The lowest BCUT2D eigenvalue weighted by atomic mass is 10.1. The zero-order chi connectivity index (χ0) is 17.5. The number of nitrogens with zero attached hydrogens (tertiary/aromatic N) is 3. The van der Waals surface area contributed by atoms with Crippen molar-refractivity contribution in [1.82, 2.24) is 19.8 Å². The lowest BCUT2D eigenvalue weighted by molar-refractivity contribution is -0.119. The fourth-order valence-electron chi connectivity index (χ4n) is 2.81. The second-order valence-corrected chi connectivity index (χ2v) is 6.05. The number of carbonyl (C=O) groups is 1. The maximum absolute atomic E-state index is 12.4. The van der Waals surface area contributed by atoms with Crippen LogP contribution < -0.4 is 10.6 Å². The fourth-order valence-corrected chi connectivity index (χ4v) is 2.81. The Kier molecular flexibility index (Phi) is 6.75. The molecule has 0 aliphatic rings. The van der Waals surface area contributed by atoms with Crippen molar-refractivity contribution in [3.63, 3.8) is 0 Å². The van der Waals surface area contributed by atoms with Gasteiger partial charge in [0.05, 0.1) is 11.0 Å². The van der Waals surface area contributed by atoms with Gasteiger partial charge in [0, 0.05) is 25.6 Å². The van der Waals surface area contributed by atoms with Crippen molar-refractivity contribution in [3.05, 3.63) is 24.3 Å². The number of aromatic nitrogens is 2. The second kappa shape index (κ2) is 8.80. The summed E-state index contributed by atoms with van der Waals surface area (Å²) in [6, 6.07) is 8.01. The normalized spacial score (nSPS) is 12.7. The minimum Gasteiger partial charge on any atom is -0.319 e. The zero-order valence-corrected chi connectivity index (χ0v) is 15.2. The standard InChI is InChI=1S/C18H29N5O/c1-5-22(6-2)11-12-23-16-10-8-7-9-15(16)20-18(23)21-17(24)14(3)13-19-4/h7-10,14,19H,5-6,11-13H2,1-4H3,(H,20,21,24). The molecule has 2 aromatic rings. The van der Waals surface area contributed by atoms with E-state index in [4.69, 9.17) is 0 Å². The first-order valence-electron chi connectivity index (χ1n) is 8.73. The number of imidazole rings is 1. The van der Waals surface area contributed by atoms with Crippen molar-refractivity contribution in [2.45, 2.75) is 27.3 Å². The van der Waals surface area contributed by atoms with Crippen LogP contribution in [0.5, 0.6) is 0 Å². The van der Waals surface area contributed by atoms with Gasteiger partial charge in [0.15, 0.2) is 0 Å². The average Bonchev–Trinajstić information content (AvgIpc) is 2.93. The molecular formula is C18H29N5O. The first-order valence-corrected chi connectivity index (χ1v) is 8.73. The molecule has 0 saturated heterocycles. The van der Waals surface area contributed by atoms with Crippen LogP contribution >= 0.6 is 0 Å². The zero-order valence-electron chi connectivity index (χ0n) is 15.2. The van der Waals surface area contributed by atoms with Gasteiger partial charge in [-0.3, -0.25) is 10.1 Å². The summed E-state index contributed by atoms with van der Waals surface area (Å²) < 4.78 is 2.11. The topological polar surface area (TPSA) is 62.2 Å². The van der Waals surface area contributed by atoms with Crippen LogP contribution in [0.25, 0.3) is 11.0 Å². The molecule has 1 aromatic heterocycles. The van der Waals surface area contributed by atoms with Crippen LogP contribution in [-0.4, -0.2) is 53.6 Å². The molecule has 0 aliphatic heterocycles. The highest BCUT2D eigenvalue weighted by Gasteiger charge is 2.17. The van der Waals surface area contributed by atoms with Crippen LogP contribution in [0.2, 0.25) is 0 Å². The molecule has 24 heavy (non-hydrogen) atoms. The highest BCUT2D eigenvalue weighted by molar-refractivity contribution is 5.93. The third kappa shape index (κ3) is 4.33. The van der Waals surface area contributed by atoms with E-state index in [1.54, 1.807) is 0 Å². The smallest absolute Gasteiger partial charge is 0.230 e. The molecule has 0 saturated carbocycles. The van der Waals surface area contributed by atoms with Gasteiger partial charge < -0.3 is 14.8 Å². The van der Waals surface area contributed by atoms with Crippen molar-refractivity contribution >= 4 is 22.9 Å². The number of anilines is 1. The van der Waals surface area contributed by atoms with Crippen molar-refractivity contribution in [2.75, 3.05) is 38.5 Å². The van der Waals surface area contributed by atoms with E-state index in [0.29, 0.717) is 12.5 Å². The van der Waals surface area contributed by atoms with Crippen molar-refractivity contribution < 1.29 is 4.79 Å². The molecule has 0 bridgehead atoms. The number of amides is 1. The lowest BCUT2D eigenvalue weighted by Gasteiger charge is -2.19. The molecule has 2 rings (SSSR count). The molecule has 1 amide bonds. The van der Waals surface area contributed by atoms with Gasteiger partial charge in [-0.2, -0.15) is 0 Å². The Balaban J connectivity index is 2.24. The van der Waals surface area contributed by atoms with Crippen LogP contribution in [0, 0.1) is 5.92 Å². The summed E-state index contributed by atoms with van der Waals surface area (Å²) in [6.45, 7) is 10.7. The summed E-state index contributed by atoms with van der Waals surface area (Å²) in [5, 5.41) is 6.03. The number of fused-ring (bicyclic) bond motifs is 1. The largest absolute Gasteiger partial charge is 0.319 e. The summed E-state index contributed by atoms with van der Waals surface area (Å²) in [5.41, 5.74) is 1.97. The number of nitrogens with one attached hydrogen (secondary N) is 2. The summed E-state index contributed by atoms with van der Waals surface area (Å²) in [6.07, 6.45) is 0. The Morgan fingerprint density at radius 1 is 1.29 bits per heavy atom. The van der Waals surface area contributed by atoms with E-state index in [1.807, 2.05) is 32.2 Å². The van der Waals surface area contributed by atoms with Crippen LogP contribution in [0.3, 0.4) is 0 Å². The Bertz CT molecular complexity index is 662. The van der Waals surface area contributed by atoms with E-state index in [0.717, 1.165) is 37.2 Å². The fraction of sp³-hybridized carbons (Fsp3) is 0.556. The molecule has 132 valence electrons. The molecule has 0 aliphatic carbocycles. The molecule has 1 atom stereocenters. The molecule has 1 unspecified atom stereocenters. The first kappa shape index (κ1) is 18.4.